The average Bonchev–Trinajstić information content (AvgIpc) is 3.96. The van der Waals surface area contributed by atoms with E-state index in [0.717, 1.165) is 105 Å². The Balaban J connectivity index is 0.787. The van der Waals surface area contributed by atoms with Crippen molar-refractivity contribution < 1.29 is 4.74 Å². The summed E-state index contributed by atoms with van der Waals surface area (Å²) in [6.07, 6.45) is 55.5. The third-order valence-electron chi connectivity index (χ3n) is 22.7. The summed E-state index contributed by atoms with van der Waals surface area (Å²) in [6, 6.07) is 2.69. The molecule has 0 N–H and O–H groups in total. The van der Waals surface area contributed by atoms with Gasteiger partial charge in [-0.1, -0.05) is 89.9 Å². The van der Waals surface area contributed by atoms with E-state index in [0.29, 0.717) is 12.2 Å². The molecule has 0 aromatic carbocycles. The van der Waals surface area contributed by atoms with Gasteiger partial charge in [-0.25, -0.2) is 0 Å². The van der Waals surface area contributed by atoms with Crippen LogP contribution in [0.3, 0.4) is 0 Å². The Hall–Kier alpha value is 0.270. The monoisotopic (exact) mass is 812 g/mol. The Morgan fingerprint density at radius 1 is 0.362 bits per heavy atom. The van der Waals surface area contributed by atoms with Gasteiger partial charge >= 0.3 is 0 Å². The van der Waals surface area contributed by atoms with E-state index in [9.17, 15) is 0 Å². The van der Waals surface area contributed by atoms with Crippen LogP contribution in [0, 0.1) is 76.4 Å². The molecule has 2 saturated heterocycles. The maximum Gasteiger partial charge on any atom is 0.0652 e. The lowest BCUT2D eigenvalue weighted by atomic mass is 9.48. The van der Waals surface area contributed by atoms with E-state index in [2.05, 4.69) is 16.7 Å². The molecule has 0 bridgehead atoms. The predicted octanol–water partition coefficient (Wildman–Crippen LogP) is 14.8. The van der Waals surface area contributed by atoms with Crippen LogP contribution < -0.4 is 0 Å². The van der Waals surface area contributed by atoms with Crippen LogP contribution in [-0.4, -0.2) is 45.7 Å². The fourth-order valence-electron chi connectivity index (χ4n) is 21.0. The van der Waals surface area contributed by atoms with Gasteiger partial charge in [0, 0.05) is 34.5 Å². The van der Waals surface area contributed by atoms with Gasteiger partial charge in [0.15, 0.2) is 0 Å². The van der Waals surface area contributed by atoms with E-state index >= 15 is 0 Å². The van der Waals surface area contributed by atoms with Crippen LogP contribution in [0.25, 0.3) is 0 Å². The number of hydrogen-bond donors (Lipinski definition) is 0. The highest BCUT2D eigenvalue weighted by Gasteiger charge is 2.66. The van der Waals surface area contributed by atoms with Gasteiger partial charge in [-0.2, -0.15) is 11.8 Å². The van der Waals surface area contributed by atoms with E-state index in [1.165, 1.54) is 128 Å². The van der Waals surface area contributed by atoms with Crippen molar-refractivity contribution in [3.05, 3.63) is 0 Å². The molecule has 10 aliphatic carbocycles. The predicted molar refractivity (Wildman–Crippen MR) is 243 cm³/mol. The minimum Gasteiger partial charge on any atom is -0.374 e. The zero-order valence-corrected chi connectivity index (χ0v) is 38.3. The Morgan fingerprint density at radius 3 is 1.67 bits per heavy atom. The molecule has 2 heterocycles. The van der Waals surface area contributed by atoms with Crippen LogP contribution in [0.1, 0.15) is 225 Å². The molecule has 14 unspecified atom stereocenters. The Kier molecular flexibility index (Phi) is 11.7. The summed E-state index contributed by atoms with van der Waals surface area (Å²) in [5, 5.41) is 1.92. The van der Waals surface area contributed by atoms with Gasteiger partial charge < -0.3 is 4.74 Å². The second-order valence-corrected chi connectivity index (χ2v) is 26.1. The van der Waals surface area contributed by atoms with Crippen molar-refractivity contribution in [3.8, 4) is 0 Å². The number of thioether (sulfide) groups is 1. The lowest BCUT2D eigenvalue weighted by Gasteiger charge is -2.58. The molecular formula is C55H89NOS. The first kappa shape index (κ1) is 39.8. The Bertz CT molecular complexity index is 1350. The molecule has 12 aliphatic rings. The molecule has 2 aliphatic heterocycles. The number of hydrogen-bond acceptors (Lipinski definition) is 3. The maximum absolute atomic E-state index is 7.64. The molecule has 0 spiro atoms. The summed E-state index contributed by atoms with van der Waals surface area (Å²) < 4.78 is 7.64. The lowest BCUT2D eigenvalue weighted by molar-refractivity contribution is -0.0932. The molecule has 0 amide bonds. The largest absolute Gasteiger partial charge is 0.374 e. The van der Waals surface area contributed by atoms with Crippen molar-refractivity contribution in [2.24, 2.45) is 76.4 Å². The van der Waals surface area contributed by atoms with Crippen LogP contribution >= 0.6 is 11.8 Å². The highest BCUT2D eigenvalue weighted by atomic mass is 32.2. The first-order valence-electron chi connectivity index (χ1n) is 27.9. The highest BCUT2D eigenvalue weighted by molar-refractivity contribution is 8.00. The quantitative estimate of drug-likeness (QED) is 0.265. The van der Waals surface area contributed by atoms with Gasteiger partial charge in [0.1, 0.15) is 0 Å². The van der Waals surface area contributed by atoms with Gasteiger partial charge in [-0.15, -0.1) is 0 Å². The smallest absolute Gasteiger partial charge is 0.0652 e. The summed E-state index contributed by atoms with van der Waals surface area (Å²) >= 11 is 2.46. The minimum absolute atomic E-state index is 0.625. The Labute approximate surface area is 361 Å². The molecule has 10 saturated carbocycles. The topological polar surface area (TPSA) is 12.5 Å². The van der Waals surface area contributed by atoms with E-state index < -0.39 is 0 Å². The van der Waals surface area contributed by atoms with Gasteiger partial charge in [0.05, 0.1) is 12.2 Å². The molecule has 0 radical (unpaired) electrons. The summed E-state index contributed by atoms with van der Waals surface area (Å²) in [5.41, 5.74) is 0.718. The van der Waals surface area contributed by atoms with E-state index in [4.69, 9.17) is 4.74 Å². The summed E-state index contributed by atoms with van der Waals surface area (Å²) in [4.78, 5) is 3.43. The molecule has 12 fully saturated rings. The third kappa shape index (κ3) is 6.69. The van der Waals surface area contributed by atoms with Crippen LogP contribution in [0.2, 0.25) is 0 Å². The first-order chi connectivity index (χ1) is 28.8. The molecule has 0 aromatic rings. The van der Waals surface area contributed by atoms with Crippen LogP contribution in [0.4, 0.5) is 0 Å². The van der Waals surface area contributed by atoms with Gasteiger partial charge in [-0.3, -0.25) is 4.90 Å². The minimum atomic E-state index is 0.625. The standard InChI is InChI=1S/C55H89NOS/c1-4-15-37(16-5-1)55(38-17-6-2-7-18-38)48-25-12-10-21-43(48)44-32-31-41(35-49(44)55)56(39-19-8-3-9-20-39)40-29-27-36(28-30-40)42-23-14-24-45-46-33-34-51-52(54(46)57-53(42)45)47-22-11-13-26-50(47)58-51/h36-54H,1-35H2. The maximum atomic E-state index is 7.64. The molecule has 12 rings (SSSR count). The molecule has 14 atom stereocenters. The van der Waals surface area contributed by atoms with Crippen molar-refractivity contribution in [1.29, 1.82) is 0 Å². The van der Waals surface area contributed by atoms with E-state index in [1.807, 2.05) is 0 Å². The van der Waals surface area contributed by atoms with E-state index in [1.54, 1.807) is 96.3 Å². The molecule has 2 nitrogen and oxygen atoms in total. The third-order valence-corrected chi connectivity index (χ3v) is 24.6. The first-order valence-corrected chi connectivity index (χ1v) is 28.8. The number of ether oxygens (including phenoxy) is 1. The fourth-order valence-corrected chi connectivity index (χ4v) is 23.1. The average molecular weight is 812 g/mol. The molecule has 58 heavy (non-hydrogen) atoms. The number of nitrogens with zero attached hydrogens (tertiary/aromatic N) is 1. The summed E-state index contributed by atoms with van der Waals surface area (Å²) in [6.45, 7) is 0. The van der Waals surface area contributed by atoms with Crippen molar-refractivity contribution in [2.45, 2.75) is 266 Å². The zero-order chi connectivity index (χ0) is 38.2. The van der Waals surface area contributed by atoms with Gasteiger partial charge in [0.2, 0.25) is 0 Å². The van der Waals surface area contributed by atoms with Crippen molar-refractivity contribution >= 4 is 11.8 Å². The van der Waals surface area contributed by atoms with Crippen molar-refractivity contribution in [3.63, 3.8) is 0 Å². The summed E-state index contributed by atoms with van der Waals surface area (Å²) in [5.74, 6) is 12.1. The van der Waals surface area contributed by atoms with Crippen molar-refractivity contribution in [2.75, 3.05) is 0 Å². The second kappa shape index (κ2) is 17.0. The van der Waals surface area contributed by atoms with E-state index in [-0.39, 0.29) is 0 Å². The Morgan fingerprint density at radius 2 is 0.914 bits per heavy atom. The molecule has 0 aromatic heterocycles. The number of rotatable bonds is 6. The normalized spacial score (nSPS) is 50.0. The van der Waals surface area contributed by atoms with Crippen LogP contribution in [0.15, 0.2) is 0 Å². The van der Waals surface area contributed by atoms with Crippen molar-refractivity contribution in [1.82, 2.24) is 4.90 Å². The zero-order valence-electron chi connectivity index (χ0n) is 37.5. The molecular weight excluding hydrogens is 723 g/mol. The molecule has 326 valence electrons. The van der Waals surface area contributed by atoms with Gasteiger partial charge in [0.25, 0.3) is 0 Å². The van der Waals surface area contributed by atoms with Crippen LogP contribution in [0.5, 0.6) is 0 Å². The SMILES string of the molecule is C1CCC(N(C2CCC(C3CCCC4C5CCC6SC7CCCCC7C6C5OC34)CC2)C2CCC3C4CCCCC4C(C4CCCCC4)(C4CCCCC4)C3C2)CC1. The van der Waals surface area contributed by atoms with Crippen LogP contribution in [-0.2, 0) is 4.74 Å². The lowest BCUT2D eigenvalue weighted by Crippen LogP contribution is -2.56. The molecule has 3 heteroatoms. The fraction of sp³-hybridized carbons (Fsp3) is 1.00. The van der Waals surface area contributed by atoms with Gasteiger partial charge in [-0.05, 0) is 205 Å². The highest BCUT2D eigenvalue weighted by Crippen LogP contribution is 2.72. The number of fused-ring (bicyclic) bond motifs is 10. The second-order valence-electron chi connectivity index (χ2n) is 24.6. The summed E-state index contributed by atoms with van der Waals surface area (Å²) in [7, 11) is 0.